The van der Waals surface area contributed by atoms with Gasteiger partial charge in [-0.1, -0.05) is 60.1 Å². The number of hydrogen-bond donors (Lipinski definition) is 1. The highest BCUT2D eigenvalue weighted by molar-refractivity contribution is 9.10. The monoisotopic (exact) mass is 606 g/mol. The second-order valence-corrected chi connectivity index (χ2v) is 11.4. The number of halogens is 2. The van der Waals surface area contributed by atoms with E-state index in [0.29, 0.717) is 20.7 Å². The lowest BCUT2D eigenvalue weighted by Gasteiger charge is -2.45. The molecule has 3 atom stereocenters. The summed E-state index contributed by atoms with van der Waals surface area (Å²) in [5.74, 6) is -3.83. The van der Waals surface area contributed by atoms with Crippen molar-refractivity contribution in [3.05, 3.63) is 98.0 Å². The van der Waals surface area contributed by atoms with Gasteiger partial charge >= 0.3 is 5.97 Å². The van der Waals surface area contributed by atoms with Gasteiger partial charge in [0.1, 0.15) is 6.04 Å². The Balaban J connectivity index is 1.20. The molecule has 1 heterocycles. The average Bonchev–Trinajstić information content (AvgIpc) is 3.21. The SMILES string of the molecule is Cc1c(NC(=O)COC(=O)[C@H](C)N2C(=O)[C@@H]3C4c5ccccc5C(c5ccccc54)[C@@H]3C2=O)ccc(Br)c1Cl. The predicted octanol–water partition coefficient (Wildman–Crippen LogP) is 5.17. The minimum Gasteiger partial charge on any atom is -0.454 e. The van der Waals surface area contributed by atoms with Crippen LogP contribution in [0.2, 0.25) is 5.02 Å². The number of imide groups is 1. The number of nitrogens with zero attached hydrogens (tertiary/aromatic N) is 1. The van der Waals surface area contributed by atoms with Crippen molar-refractivity contribution in [3.63, 3.8) is 0 Å². The lowest BCUT2D eigenvalue weighted by atomic mass is 9.55. The highest BCUT2D eigenvalue weighted by atomic mass is 79.9. The van der Waals surface area contributed by atoms with Gasteiger partial charge in [-0.3, -0.25) is 19.3 Å². The molecule has 3 aromatic carbocycles. The van der Waals surface area contributed by atoms with Crippen LogP contribution >= 0.6 is 27.5 Å². The molecule has 0 saturated carbocycles. The fourth-order valence-corrected chi connectivity index (χ4v) is 7.01. The van der Waals surface area contributed by atoms with Gasteiger partial charge in [-0.25, -0.2) is 4.79 Å². The van der Waals surface area contributed by atoms with Crippen molar-refractivity contribution in [2.45, 2.75) is 31.7 Å². The molecule has 0 unspecified atom stereocenters. The molecule has 39 heavy (non-hydrogen) atoms. The summed E-state index contributed by atoms with van der Waals surface area (Å²) in [5.41, 5.74) is 5.37. The molecule has 3 amide bonds. The first-order valence-electron chi connectivity index (χ1n) is 12.7. The third-order valence-electron chi connectivity index (χ3n) is 8.17. The van der Waals surface area contributed by atoms with Crippen LogP contribution in [-0.2, 0) is 23.9 Å². The summed E-state index contributed by atoms with van der Waals surface area (Å²) in [7, 11) is 0. The molecule has 7 nitrogen and oxygen atoms in total. The lowest BCUT2D eigenvalue weighted by molar-refractivity contribution is -0.159. The van der Waals surface area contributed by atoms with Gasteiger partial charge in [-0.15, -0.1) is 0 Å². The molecule has 3 aliphatic carbocycles. The fraction of sp³-hybridized carbons (Fsp3) is 0.267. The molecule has 4 aliphatic rings. The zero-order valence-corrected chi connectivity index (χ0v) is 23.5. The first kappa shape index (κ1) is 25.8. The molecule has 1 fully saturated rings. The fourth-order valence-electron chi connectivity index (χ4n) is 6.42. The van der Waals surface area contributed by atoms with E-state index in [2.05, 4.69) is 21.2 Å². The van der Waals surface area contributed by atoms with Crippen LogP contribution in [0.1, 0.15) is 46.6 Å². The third-order valence-corrected chi connectivity index (χ3v) is 9.55. The summed E-state index contributed by atoms with van der Waals surface area (Å²) < 4.78 is 5.94. The Kier molecular flexibility index (Phi) is 6.35. The van der Waals surface area contributed by atoms with E-state index in [0.717, 1.165) is 27.2 Å². The number of anilines is 1. The molecule has 0 radical (unpaired) electrons. The van der Waals surface area contributed by atoms with Gasteiger partial charge in [0.05, 0.1) is 16.9 Å². The minimum atomic E-state index is -1.17. The standard InChI is InChI=1S/C30H24BrClN2O5/c1-14-21(12-11-20(31)27(14)32)33-22(35)13-39-30(38)15(2)34-28(36)25-23-16-7-3-4-8-17(16)24(26(25)29(34)37)19-10-6-5-9-18(19)23/h3-12,15,23-26H,13H2,1-2H3,(H,33,35)/t15-,23?,24?,25-,26+/m0/s1. The van der Waals surface area contributed by atoms with E-state index in [1.807, 2.05) is 48.5 Å². The van der Waals surface area contributed by atoms with Gasteiger partial charge in [-0.05, 0) is 69.7 Å². The maximum atomic E-state index is 13.8. The second kappa shape index (κ2) is 9.61. The van der Waals surface area contributed by atoms with Crippen molar-refractivity contribution in [3.8, 4) is 0 Å². The number of amides is 3. The average molecular weight is 608 g/mol. The van der Waals surface area contributed by atoms with Crippen LogP contribution < -0.4 is 5.32 Å². The van der Waals surface area contributed by atoms with Crippen LogP contribution in [0.15, 0.2) is 65.1 Å². The Labute approximate surface area is 238 Å². The Hall–Kier alpha value is -3.49. The summed E-state index contributed by atoms with van der Waals surface area (Å²) in [5, 5.41) is 3.13. The summed E-state index contributed by atoms with van der Waals surface area (Å²) in [6.07, 6.45) is 0. The van der Waals surface area contributed by atoms with E-state index in [-0.39, 0.29) is 23.7 Å². The molecule has 9 heteroatoms. The predicted molar refractivity (Wildman–Crippen MR) is 148 cm³/mol. The van der Waals surface area contributed by atoms with Crippen LogP contribution in [0.5, 0.6) is 0 Å². The molecule has 1 N–H and O–H groups in total. The molecule has 198 valence electrons. The van der Waals surface area contributed by atoms with E-state index in [1.165, 1.54) is 6.92 Å². The topological polar surface area (TPSA) is 92.8 Å². The van der Waals surface area contributed by atoms with Crippen LogP contribution in [0.4, 0.5) is 5.69 Å². The molecular formula is C30H24BrClN2O5. The summed E-state index contributed by atoms with van der Waals surface area (Å²) >= 11 is 9.55. The maximum Gasteiger partial charge on any atom is 0.329 e. The van der Waals surface area contributed by atoms with Crippen molar-refractivity contribution in [1.29, 1.82) is 0 Å². The Bertz CT molecular complexity index is 1460. The van der Waals surface area contributed by atoms with Crippen LogP contribution in [0.25, 0.3) is 0 Å². The highest BCUT2D eigenvalue weighted by Gasteiger charge is 2.62. The zero-order chi connectivity index (χ0) is 27.6. The molecule has 0 spiro atoms. The normalized spacial score (nSPS) is 23.1. The number of benzene rings is 3. The summed E-state index contributed by atoms with van der Waals surface area (Å²) in [4.78, 5) is 54.1. The summed E-state index contributed by atoms with van der Waals surface area (Å²) in [6, 6.07) is 18.1. The largest absolute Gasteiger partial charge is 0.454 e. The number of likely N-dealkylation sites (tertiary alicyclic amines) is 1. The first-order chi connectivity index (χ1) is 18.7. The molecule has 7 rings (SSSR count). The third kappa shape index (κ3) is 3.92. The van der Waals surface area contributed by atoms with Gasteiger partial charge in [0.15, 0.2) is 6.61 Å². The van der Waals surface area contributed by atoms with Crippen molar-refractivity contribution in [2.75, 3.05) is 11.9 Å². The van der Waals surface area contributed by atoms with Crippen molar-refractivity contribution in [2.24, 2.45) is 11.8 Å². The Morgan fingerprint density at radius 1 is 0.923 bits per heavy atom. The lowest BCUT2D eigenvalue weighted by Crippen LogP contribution is -2.45. The molecule has 0 aromatic heterocycles. The van der Waals surface area contributed by atoms with Gasteiger partial charge in [0.2, 0.25) is 11.8 Å². The Morgan fingerprint density at radius 2 is 1.41 bits per heavy atom. The van der Waals surface area contributed by atoms with Crippen LogP contribution in [0, 0.1) is 18.8 Å². The van der Waals surface area contributed by atoms with Gasteiger partial charge < -0.3 is 10.1 Å². The maximum absolute atomic E-state index is 13.8. The van der Waals surface area contributed by atoms with Crippen molar-refractivity contribution in [1.82, 2.24) is 4.90 Å². The van der Waals surface area contributed by atoms with E-state index in [4.69, 9.17) is 16.3 Å². The number of esters is 1. The number of carbonyl (C=O) groups excluding carboxylic acids is 4. The zero-order valence-electron chi connectivity index (χ0n) is 21.1. The first-order valence-corrected chi connectivity index (χ1v) is 13.8. The number of nitrogens with one attached hydrogen (secondary N) is 1. The van der Waals surface area contributed by atoms with Crippen LogP contribution in [-0.4, -0.2) is 41.2 Å². The van der Waals surface area contributed by atoms with Crippen LogP contribution in [0.3, 0.4) is 0 Å². The van der Waals surface area contributed by atoms with Gasteiger partial charge in [0.25, 0.3) is 5.91 Å². The molecule has 1 saturated heterocycles. The van der Waals surface area contributed by atoms with Gasteiger partial charge in [0, 0.05) is 22.0 Å². The van der Waals surface area contributed by atoms with Crippen molar-refractivity contribution >= 4 is 56.9 Å². The van der Waals surface area contributed by atoms with E-state index >= 15 is 0 Å². The summed E-state index contributed by atoms with van der Waals surface area (Å²) in [6.45, 7) is 2.65. The number of carbonyl (C=O) groups is 4. The number of rotatable bonds is 5. The van der Waals surface area contributed by atoms with Crippen molar-refractivity contribution < 1.29 is 23.9 Å². The smallest absolute Gasteiger partial charge is 0.329 e. The minimum absolute atomic E-state index is 0.260. The highest BCUT2D eigenvalue weighted by Crippen LogP contribution is 2.61. The number of hydrogen-bond acceptors (Lipinski definition) is 5. The molecular weight excluding hydrogens is 584 g/mol. The molecule has 1 aliphatic heterocycles. The molecule has 3 aromatic rings. The second-order valence-electron chi connectivity index (χ2n) is 10.2. The van der Waals surface area contributed by atoms with E-state index < -0.39 is 36.4 Å². The van der Waals surface area contributed by atoms with Gasteiger partial charge in [-0.2, -0.15) is 0 Å². The quantitative estimate of drug-likeness (QED) is 0.319. The van der Waals surface area contributed by atoms with E-state index in [9.17, 15) is 19.2 Å². The van der Waals surface area contributed by atoms with E-state index in [1.54, 1.807) is 19.1 Å². The molecule has 2 bridgehead atoms. The number of ether oxygens (including phenoxy) is 1. The Morgan fingerprint density at radius 3 is 1.90 bits per heavy atom.